The molecule has 4 amide bonds. The lowest BCUT2D eigenvalue weighted by molar-refractivity contribution is -0.150. The van der Waals surface area contributed by atoms with Gasteiger partial charge in [-0.3, -0.25) is 14.5 Å². The summed E-state index contributed by atoms with van der Waals surface area (Å²) in [6.07, 6.45) is -0.700. The van der Waals surface area contributed by atoms with Crippen LogP contribution in [0, 0.1) is 0 Å². The number of benzene rings is 1. The van der Waals surface area contributed by atoms with Crippen LogP contribution >= 0.6 is 0 Å². The number of fused-ring (bicyclic) bond motifs is 1. The number of rotatable bonds is 2. The molecule has 4 rings (SSSR count). The highest BCUT2D eigenvalue weighted by atomic mass is 16.6. The fraction of sp³-hybridized carbons (Fsp3) is 0.400. The van der Waals surface area contributed by atoms with Gasteiger partial charge >= 0.3 is 6.03 Å². The summed E-state index contributed by atoms with van der Waals surface area (Å²) in [7, 11) is 0. The Morgan fingerprint density at radius 2 is 1.91 bits per heavy atom. The molecule has 1 aromatic rings. The van der Waals surface area contributed by atoms with Gasteiger partial charge in [0.25, 0.3) is 5.91 Å². The van der Waals surface area contributed by atoms with Gasteiger partial charge in [-0.25, -0.2) is 4.79 Å². The molecule has 3 aliphatic heterocycles. The second-order valence-electron chi connectivity index (χ2n) is 5.68. The number of ether oxygens (including phenoxy) is 2. The van der Waals surface area contributed by atoms with Gasteiger partial charge in [-0.1, -0.05) is 12.1 Å². The molecule has 2 fully saturated rings. The predicted molar refractivity (Wildman–Crippen MR) is 77.0 cm³/mol. The smallest absolute Gasteiger partial charge is 0.324 e. The number of hydrogen-bond donors (Lipinski definition) is 1. The monoisotopic (exact) mass is 317 g/mol. The topological polar surface area (TPSA) is 88.2 Å². The maximum absolute atomic E-state index is 12.4. The van der Waals surface area contributed by atoms with Crippen LogP contribution in [0.3, 0.4) is 0 Å². The van der Waals surface area contributed by atoms with Crippen molar-refractivity contribution < 1.29 is 23.9 Å². The minimum atomic E-state index is -0.700. The van der Waals surface area contributed by atoms with E-state index in [4.69, 9.17) is 9.47 Å². The number of urea groups is 1. The highest BCUT2D eigenvalue weighted by Crippen LogP contribution is 2.32. The molecule has 0 aliphatic carbocycles. The second-order valence-corrected chi connectivity index (χ2v) is 5.68. The number of likely N-dealkylation sites (tertiary alicyclic amines) is 1. The van der Waals surface area contributed by atoms with Gasteiger partial charge in [0.05, 0.1) is 12.6 Å². The first kappa shape index (κ1) is 13.9. The van der Waals surface area contributed by atoms with Crippen molar-refractivity contribution in [2.45, 2.75) is 12.1 Å². The van der Waals surface area contributed by atoms with E-state index in [1.54, 1.807) is 17.0 Å². The summed E-state index contributed by atoms with van der Waals surface area (Å²) in [4.78, 5) is 38.4. The van der Waals surface area contributed by atoms with E-state index in [1.807, 2.05) is 12.1 Å². The lowest BCUT2D eigenvalue weighted by Gasteiger charge is -2.43. The third-order valence-corrected chi connectivity index (χ3v) is 4.20. The minimum absolute atomic E-state index is 0.0274. The fourth-order valence-electron chi connectivity index (χ4n) is 2.95. The average Bonchev–Trinajstić information content (AvgIpc) is 2.85. The zero-order chi connectivity index (χ0) is 16.0. The third-order valence-electron chi connectivity index (χ3n) is 4.20. The molecular formula is C15H15N3O5. The van der Waals surface area contributed by atoms with Crippen LogP contribution in [0.1, 0.15) is 0 Å². The Kier molecular flexibility index (Phi) is 3.10. The van der Waals surface area contributed by atoms with E-state index in [-0.39, 0.29) is 31.0 Å². The van der Waals surface area contributed by atoms with E-state index in [2.05, 4.69) is 5.32 Å². The molecule has 8 heteroatoms. The third kappa shape index (κ3) is 2.26. The van der Waals surface area contributed by atoms with Crippen LogP contribution < -0.4 is 14.8 Å². The van der Waals surface area contributed by atoms with E-state index >= 15 is 0 Å². The molecule has 1 atom stereocenters. The number of hydrogen-bond acceptors (Lipinski definition) is 5. The summed E-state index contributed by atoms with van der Waals surface area (Å²) < 4.78 is 11.2. The van der Waals surface area contributed by atoms with E-state index in [9.17, 15) is 14.4 Å². The minimum Gasteiger partial charge on any atom is -0.485 e. The molecule has 0 saturated carbocycles. The number of amides is 4. The number of imide groups is 1. The van der Waals surface area contributed by atoms with Crippen molar-refractivity contribution in [2.75, 3.05) is 26.2 Å². The Bertz CT molecular complexity index is 669. The van der Waals surface area contributed by atoms with E-state index in [0.29, 0.717) is 24.6 Å². The zero-order valence-corrected chi connectivity index (χ0v) is 12.2. The Hall–Kier alpha value is -2.77. The van der Waals surface area contributed by atoms with Gasteiger partial charge in [0.2, 0.25) is 12.0 Å². The lowest BCUT2D eigenvalue weighted by atomic mass is 10.1. The van der Waals surface area contributed by atoms with Gasteiger partial charge in [-0.05, 0) is 12.1 Å². The normalized spacial score (nSPS) is 23.6. The average molecular weight is 317 g/mol. The predicted octanol–water partition coefficient (Wildman–Crippen LogP) is -0.411. The van der Waals surface area contributed by atoms with E-state index in [0.717, 1.165) is 0 Å². The number of nitrogens with zero attached hydrogens (tertiary/aromatic N) is 2. The molecule has 0 aromatic heterocycles. The van der Waals surface area contributed by atoms with Gasteiger partial charge in [-0.2, -0.15) is 0 Å². The molecule has 1 N–H and O–H groups in total. The van der Waals surface area contributed by atoms with Gasteiger partial charge < -0.3 is 19.7 Å². The van der Waals surface area contributed by atoms with Crippen molar-refractivity contribution in [3.05, 3.63) is 24.3 Å². The van der Waals surface area contributed by atoms with Gasteiger partial charge in [0.15, 0.2) is 11.5 Å². The summed E-state index contributed by atoms with van der Waals surface area (Å²) in [6, 6.07) is 6.53. The fourth-order valence-corrected chi connectivity index (χ4v) is 2.95. The standard InChI is InChI=1S/C15H15N3O5/c19-13-5-16-15(21)18(13)9-6-17(7-9)14(20)12-8-22-10-3-1-2-4-11(10)23-12/h1-4,9,12H,5-8H2,(H,16,21). The zero-order valence-electron chi connectivity index (χ0n) is 12.2. The molecular weight excluding hydrogens is 302 g/mol. The largest absolute Gasteiger partial charge is 0.485 e. The SMILES string of the molecule is O=C(C1COc2ccccc2O1)N1CC(N2C(=O)CNC2=O)C1. The molecule has 1 unspecified atom stereocenters. The van der Waals surface area contributed by atoms with Gasteiger partial charge in [-0.15, -0.1) is 0 Å². The molecule has 0 radical (unpaired) electrons. The number of nitrogens with one attached hydrogen (secondary N) is 1. The van der Waals surface area contributed by atoms with Crippen LogP contribution in [0.2, 0.25) is 0 Å². The van der Waals surface area contributed by atoms with E-state index in [1.165, 1.54) is 4.90 Å². The van der Waals surface area contributed by atoms with Crippen molar-refractivity contribution >= 4 is 17.8 Å². The maximum atomic E-state index is 12.4. The Labute approximate surface area is 131 Å². The van der Waals surface area contributed by atoms with Crippen LogP contribution in [0.15, 0.2) is 24.3 Å². The summed E-state index contributed by atoms with van der Waals surface area (Å²) in [5, 5.41) is 2.48. The summed E-state index contributed by atoms with van der Waals surface area (Å²) in [6.45, 7) is 0.846. The molecule has 0 bridgehead atoms. The quantitative estimate of drug-likeness (QED) is 0.749. The van der Waals surface area contributed by atoms with Crippen molar-refractivity contribution in [3.8, 4) is 11.5 Å². The first-order valence-electron chi connectivity index (χ1n) is 7.40. The van der Waals surface area contributed by atoms with Gasteiger partial charge in [0.1, 0.15) is 6.61 Å². The molecule has 3 aliphatic rings. The molecule has 1 aromatic carbocycles. The van der Waals surface area contributed by atoms with Gasteiger partial charge in [0, 0.05) is 13.1 Å². The lowest BCUT2D eigenvalue weighted by Crippen LogP contribution is -2.65. The highest BCUT2D eigenvalue weighted by Gasteiger charge is 2.45. The van der Waals surface area contributed by atoms with Crippen LogP contribution in [-0.2, 0) is 9.59 Å². The number of carbonyl (C=O) groups is 3. The first-order chi connectivity index (χ1) is 11.1. The van der Waals surface area contributed by atoms with Crippen molar-refractivity contribution in [3.63, 3.8) is 0 Å². The Balaban J connectivity index is 1.37. The van der Waals surface area contributed by atoms with Crippen molar-refractivity contribution in [1.29, 1.82) is 0 Å². The molecule has 8 nitrogen and oxygen atoms in total. The van der Waals surface area contributed by atoms with Crippen LogP contribution in [-0.4, -0.2) is 66.0 Å². The Morgan fingerprint density at radius 1 is 1.17 bits per heavy atom. The number of para-hydroxylation sites is 2. The summed E-state index contributed by atoms with van der Waals surface area (Å²) in [5.41, 5.74) is 0. The van der Waals surface area contributed by atoms with Crippen molar-refractivity contribution in [1.82, 2.24) is 15.1 Å². The Morgan fingerprint density at radius 3 is 2.61 bits per heavy atom. The molecule has 0 spiro atoms. The molecule has 3 heterocycles. The van der Waals surface area contributed by atoms with Crippen LogP contribution in [0.25, 0.3) is 0 Å². The number of carbonyl (C=O) groups excluding carboxylic acids is 3. The van der Waals surface area contributed by atoms with E-state index < -0.39 is 12.1 Å². The molecule has 2 saturated heterocycles. The van der Waals surface area contributed by atoms with Crippen LogP contribution in [0.4, 0.5) is 4.79 Å². The van der Waals surface area contributed by atoms with Crippen molar-refractivity contribution in [2.24, 2.45) is 0 Å². The summed E-state index contributed by atoms with van der Waals surface area (Å²) in [5.74, 6) is 0.724. The molecule has 23 heavy (non-hydrogen) atoms. The van der Waals surface area contributed by atoms with Crippen LogP contribution in [0.5, 0.6) is 11.5 Å². The summed E-state index contributed by atoms with van der Waals surface area (Å²) >= 11 is 0. The highest BCUT2D eigenvalue weighted by molar-refractivity contribution is 6.02. The maximum Gasteiger partial charge on any atom is 0.324 e. The molecule has 120 valence electrons. The first-order valence-corrected chi connectivity index (χ1v) is 7.40. The second kappa shape index (κ2) is 5.15.